The molecular formula is C38H38F3NO2P+. The Morgan fingerprint density at radius 2 is 0.933 bits per heavy atom. The molecule has 0 aromatic heterocycles. The number of ketones is 2. The van der Waals surface area contributed by atoms with Gasteiger partial charge in [0.15, 0.2) is 5.78 Å². The van der Waals surface area contributed by atoms with Gasteiger partial charge in [-0.15, -0.1) is 0 Å². The molecule has 0 saturated carbocycles. The fourth-order valence-corrected chi connectivity index (χ4v) is 10.5. The number of benzene rings is 4. The number of allylic oxidation sites excluding steroid dienone is 2. The summed E-state index contributed by atoms with van der Waals surface area (Å²) in [5.41, 5.74) is 1.29. The van der Waals surface area contributed by atoms with Gasteiger partial charge in [0.1, 0.15) is 40.6 Å². The molecule has 232 valence electrons. The number of hydrogen-bond donors (Lipinski definition) is 1. The maximum Gasteiger partial charge on any atom is 0.209 e. The molecule has 4 aromatic carbocycles. The van der Waals surface area contributed by atoms with Crippen LogP contribution >= 0.6 is 7.26 Å². The first-order valence-corrected chi connectivity index (χ1v) is 17.7. The predicted molar refractivity (Wildman–Crippen MR) is 178 cm³/mol. The maximum atomic E-state index is 14.0. The van der Waals surface area contributed by atoms with E-state index in [9.17, 15) is 22.8 Å². The number of carbonyl (C=O) groups excluding carboxylic acids is 2. The van der Waals surface area contributed by atoms with Gasteiger partial charge in [-0.25, -0.2) is 13.2 Å². The molecular weight excluding hydrogens is 590 g/mol. The number of rotatable bonds is 15. The molecule has 45 heavy (non-hydrogen) atoms. The molecule has 3 nitrogen and oxygen atoms in total. The molecule has 1 aliphatic carbocycles. The highest BCUT2D eigenvalue weighted by Gasteiger charge is 2.44. The van der Waals surface area contributed by atoms with E-state index in [1.54, 1.807) is 24.3 Å². The highest BCUT2D eigenvalue weighted by Crippen LogP contribution is 2.56. The van der Waals surface area contributed by atoms with Crippen molar-refractivity contribution < 1.29 is 22.8 Å². The second-order valence-corrected chi connectivity index (χ2v) is 15.1. The van der Waals surface area contributed by atoms with E-state index in [2.05, 4.69) is 5.32 Å². The average Bonchev–Trinajstić information content (AvgIpc) is 3.05. The zero-order valence-electron chi connectivity index (χ0n) is 25.3. The summed E-state index contributed by atoms with van der Waals surface area (Å²) in [7, 11) is -2.28. The summed E-state index contributed by atoms with van der Waals surface area (Å²) in [5, 5.41) is 6.14. The number of fused-ring (bicyclic) bond motifs is 1. The molecule has 0 spiro atoms. The maximum absolute atomic E-state index is 14.0. The molecule has 0 heterocycles. The smallest absolute Gasteiger partial charge is 0.209 e. The van der Waals surface area contributed by atoms with Gasteiger partial charge in [0.05, 0.1) is 11.9 Å². The summed E-state index contributed by atoms with van der Waals surface area (Å²) >= 11 is 0. The standard InChI is InChI=1S/C38H37F3NO2P/c39-28-13-19-31(20-14-28)45(32-21-15-29(40)16-22-32,33-23-17-30(41)18-24-33)26-10-6-4-2-1-3-5-9-25-42-36-27-37(43)34-11-7-8-12-35(34)38(36)44/h7-8,11-24,27H,1-6,9-10,25-26H2/p+1. The molecule has 0 aliphatic heterocycles. The Balaban J connectivity index is 1.11. The van der Waals surface area contributed by atoms with Crippen LogP contribution in [-0.4, -0.2) is 24.3 Å². The van der Waals surface area contributed by atoms with E-state index in [0.717, 1.165) is 73.4 Å². The first-order chi connectivity index (χ1) is 21.9. The Bertz CT molecular complexity index is 1520. The van der Waals surface area contributed by atoms with Crippen LogP contribution in [0.4, 0.5) is 13.2 Å². The minimum Gasteiger partial charge on any atom is -0.382 e. The van der Waals surface area contributed by atoms with Gasteiger partial charge in [-0.3, -0.25) is 9.59 Å². The van der Waals surface area contributed by atoms with Crippen LogP contribution in [0.2, 0.25) is 0 Å². The van der Waals surface area contributed by atoms with Gasteiger partial charge in [-0.2, -0.15) is 0 Å². The van der Waals surface area contributed by atoms with Gasteiger partial charge in [0.2, 0.25) is 5.78 Å². The lowest BCUT2D eigenvalue weighted by atomic mass is 9.93. The minimum absolute atomic E-state index is 0.130. The fourth-order valence-electron chi connectivity index (χ4n) is 6.13. The fraction of sp³-hybridized carbons (Fsp3) is 0.263. The topological polar surface area (TPSA) is 46.2 Å². The number of Topliss-reactive ketones (excluding diaryl/α,β-unsaturated/α-hetero) is 1. The van der Waals surface area contributed by atoms with Crippen molar-refractivity contribution in [2.24, 2.45) is 0 Å². The van der Waals surface area contributed by atoms with Gasteiger partial charge >= 0.3 is 0 Å². The number of unbranched alkanes of at least 4 members (excludes halogenated alkanes) is 7. The van der Waals surface area contributed by atoms with Crippen LogP contribution in [0.15, 0.2) is 109 Å². The van der Waals surface area contributed by atoms with Crippen molar-refractivity contribution in [3.8, 4) is 0 Å². The van der Waals surface area contributed by atoms with Crippen molar-refractivity contribution in [1.82, 2.24) is 5.32 Å². The molecule has 0 saturated heterocycles. The summed E-state index contributed by atoms with van der Waals surface area (Å²) in [6.45, 7) is 0.648. The van der Waals surface area contributed by atoms with E-state index < -0.39 is 7.26 Å². The van der Waals surface area contributed by atoms with Crippen molar-refractivity contribution in [1.29, 1.82) is 0 Å². The van der Waals surface area contributed by atoms with Crippen LogP contribution in [-0.2, 0) is 0 Å². The first kappa shape index (κ1) is 32.4. The largest absolute Gasteiger partial charge is 0.382 e. The number of carbonyl (C=O) groups is 2. The zero-order valence-corrected chi connectivity index (χ0v) is 26.2. The van der Waals surface area contributed by atoms with Gasteiger partial charge in [0, 0.05) is 23.7 Å². The number of hydrogen-bond acceptors (Lipinski definition) is 3. The Hall–Kier alpha value is -4.02. The van der Waals surface area contributed by atoms with Gasteiger partial charge in [-0.05, 0) is 92.1 Å². The van der Waals surface area contributed by atoms with E-state index in [1.165, 1.54) is 42.5 Å². The third kappa shape index (κ3) is 7.80. The minimum atomic E-state index is -2.28. The van der Waals surface area contributed by atoms with Gasteiger partial charge in [0.25, 0.3) is 0 Å². The highest BCUT2D eigenvalue weighted by atomic mass is 31.2. The second-order valence-electron chi connectivity index (χ2n) is 11.5. The lowest BCUT2D eigenvalue weighted by molar-refractivity contribution is 0.0978. The van der Waals surface area contributed by atoms with Crippen molar-refractivity contribution in [3.63, 3.8) is 0 Å². The summed E-state index contributed by atoms with van der Waals surface area (Å²) in [5.74, 6) is -1.21. The molecule has 0 amide bonds. The van der Waals surface area contributed by atoms with Crippen LogP contribution in [0.3, 0.4) is 0 Å². The lowest BCUT2D eigenvalue weighted by Crippen LogP contribution is -2.33. The Kier molecular flexibility index (Phi) is 11.0. The first-order valence-electron chi connectivity index (χ1n) is 15.7. The van der Waals surface area contributed by atoms with Crippen LogP contribution in [0.5, 0.6) is 0 Å². The molecule has 0 bridgehead atoms. The molecule has 0 atom stereocenters. The zero-order chi connectivity index (χ0) is 31.6. The van der Waals surface area contributed by atoms with Crippen molar-refractivity contribution in [3.05, 3.63) is 137 Å². The molecule has 0 radical (unpaired) electrons. The van der Waals surface area contributed by atoms with Crippen LogP contribution < -0.4 is 21.2 Å². The molecule has 1 N–H and O–H groups in total. The van der Waals surface area contributed by atoms with Crippen molar-refractivity contribution >= 4 is 34.7 Å². The molecule has 0 fully saturated rings. The van der Waals surface area contributed by atoms with E-state index in [-0.39, 0.29) is 29.0 Å². The molecule has 1 aliphatic rings. The Morgan fingerprint density at radius 3 is 1.42 bits per heavy atom. The summed E-state index contributed by atoms with van der Waals surface area (Å²) < 4.78 is 41.9. The lowest BCUT2D eigenvalue weighted by Gasteiger charge is -2.28. The summed E-state index contributed by atoms with van der Waals surface area (Å²) in [6.07, 6.45) is 10.5. The van der Waals surface area contributed by atoms with E-state index in [0.29, 0.717) is 23.4 Å². The normalized spacial score (nSPS) is 13.0. The van der Waals surface area contributed by atoms with Crippen LogP contribution in [0.25, 0.3) is 0 Å². The summed E-state index contributed by atoms with van der Waals surface area (Å²) in [4.78, 5) is 25.0. The summed E-state index contributed by atoms with van der Waals surface area (Å²) in [6, 6.07) is 26.6. The number of nitrogens with one attached hydrogen (secondary N) is 1. The number of halogens is 3. The third-order valence-corrected chi connectivity index (χ3v) is 13.0. The van der Waals surface area contributed by atoms with Crippen molar-refractivity contribution in [2.75, 3.05) is 12.7 Å². The average molecular weight is 629 g/mol. The third-order valence-electron chi connectivity index (χ3n) is 8.50. The predicted octanol–water partition coefficient (Wildman–Crippen LogP) is 8.07. The van der Waals surface area contributed by atoms with Crippen molar-refractivity contribution in [2.45, 2.75) is 51.4 Å². The molecule has 4 aromatic rings. The van der Waals surface area contributed by atoms with Gasteiger partial charge in [-0.1, -0.05) is 56.4 Å². The highest BCUT2D eigenvalue weighted by molar-refractivity contribution is 7.95. The quantitative estimate of drug-likeness (QED) is 0.107. The Morgan fingerprint density at radius 1 is 0.511 bits per heavy atom. The molecule has 7 heteroatoms. The van der Waals surface area contributed by atoms with Gasteiger partial charge < -0.3 is 5.32 Å². The Labute approximate surface area is 263 Å². The van der Waals surface area contributed by atoms with Crippen LogP contribution in [0, 0.1) is 17.5 Å². The van der Waals surface area contributed by atoms with E-state index in [4.69, 9.17) is 0 Å². The molecule has 0 unspecified atom stereocenters. The van der Waals surface area contributed by atoms with Crippen LogP contribution in [0.1, 0.15) is 72.1 Å². The monoisotopic (exact) mass is 628 g/mol. The second kappa shape index (κ2) is 15.3. The molecule has 5 rings (SSSR count). The SMILES string of the molecule is O=C1C=C(NCCCCCCCCCC[P+](c2ccc(F)cc2)(c2ccc(F)cc2)c2ccc(F)cc2)C(=O)c2ccccc21. The van der Waals surface area contributed by atoms with E-state index >= 15 is 0 Å². The van der Waals surface area contributed by atoms with E-state index in [1.807, 2.05) is 36.4 Å².